The van der Waals surface area contributed by atoms with Gasteiger partial charge in [-0.15, -0.1) is 5.23 Å². The number of nitrogens with zero attached hydrogens (tertiary/aromatic N) is 3. The average molecular weight is 215 g/mol. The van der Waals surface area contributed by atoms with Gasteiger partial charge in [0.2, 0.25) is 0 Å². The first kappa shape index (κ1) is 11.5. The number of ether oxygens (including phenoxy) is 1. The number of carbonyl (C=O) groups is 1. The molecular weight excluding hydrogens is 202 g/mol. The molecule has 0 aliphatic carbocycles. The molecule has 0 aliphatic heterocycles. The van der Waals surface area contributed by atoms with Gasteiger partial charge in [0.25, 0.3) is 6.47 Å². The minimum atomic E-state index is 0.214. The lowest BCUT2D eigenvalue weighted by Gasteiger charge is -2.15. The number of hydrogen-bond donors (Lipinski definition) is 1. The van der Waals surface area contributed by atoms with Crippen LogP contribution in [0.1, 0.15) is 5.82 Å². The van der Waals surface area contributed by atoms with Gasteiger partial charge in [-0.3, -0.25) is 14.8 Å². The Morgan fingerprint density at radius 1 is 1.73 bits per heavy atom. The topological polar surface area (TPSA) is 76.8 Å². The van der Waals surface area contributed by atoms with E-state index in [1.54, 1.807) is 11.5 Å². The number of aromatic nitrogens is 2. The Morgan fingerprint density at radius 2 is 2.47 bits per heavy atom. The van der Waals surface area contributed by atoms with Crippen LogP contribution in [-0.2, 0) is 20.9 Å². The molecule has 1 aromatic heterocycles. The second-order valence-electron chi connectivity index (χ2n) is 2.74. The molecule has 0 spiro atoms. The quantitative estimate of drug-likeness (QED) is 0.412. The average Bonchev–Trinajstić information content (AvgIpc) is 2.60. The van der Waals surface area contributed by atoms with Crippen LogP contribution in [0.4, 0.5) is 5.82 Å². The largest absolute Gasteiger partial charge is 0.466 e. The van der Waals surface area contributed by atoms with E-state index in [0.29, 0.717) is 29.9 Å². The first-order valence-corrected chi connectivity index (χ1v) is 4.31. The molecule has 0 fully saturated rings. The molecule has 0 radical (unpaired) electrons. The summed E-state index contributed by atoms with van der Waals surface area (Å²) in [6, 6.07) is 0. The highest BCUT2D eigenvalue weighted by Crippen LogP contribution is 2.14. The van der Waals surface area contributed by atoms with Crippen LogP contribution in [0.3, 0.4) is 0 Å². The summed E-state index contributed by atoms with van der Waals surface area (Å²) < 4.78 is 6.22. The number of imidazole rings is 1. The van der Waals surface area contributed by atoms with E-state index in [-0.39, 0.29) is 6.61 Å². The third-order valence-electron chi connectivity index (χ3n) is 1.90. The molecule has 1 N–H and O–H groups in total. The third-order valence-corrected chi connectivity index (χ3v) is 1.90. The van der Waals surface area contributed by atoms with Crippen molar-refractivity contribution in [2.24, 2.45) is 0 Å². The van der Waals surface area contributed by atoms with E-state index in [2.05, 4.69) is 14.6 Å². The minimum Gasteiger partial charge on any atom is -0.466 e. The predicted molar refractivity (Wildman–Crippen MR) is 50.3 cm³/mol. The van der Waals surface area contributed by atoms with Crippen LogP contribution in [0.25, 0.3) is 0 Å². The summed E-state index contributed by atoms with van der Waals surface area (Å²) in [4.78, 5) is 18.6. The van der Waals surface area contributed by atoms with E-state index in [9.17, 15) is 10.0 Å². The van der Waals surface area contributed by atoms with Gasteiger partial charge < -0.3 is 9.30 Å². The zero-order valence-electron chi connectivity index (χ0n) is 8.58. The first-order valence-electron chi connectivity index (χ1n) is 4.31. The molecule has 0 unspecified atom stereocenters. The Morgan fingerprint density at radius 3 is 3.07 bits per heavy atom. The van der Waals surface area contributed by atoms with Crippen LogP contribution in [0.2, 0.25) is 0 Å². The van der Waals surface area contributed by atoms with Gasteiger partial charge in [-0.25, -0.2) is 4.98 Å². The molecule has 7 nitrogen and oxygen atoms in total. The van der Waals surface area contributed by atoms with E-state index in [0.717, 1.165) is 0 Å². The molecule has 0 amide bonds. The van der Waals surface area contributed by atoms with E-state index < -0.39 is 0 Å². The van der Waals surface area contributed by atoms with Crippen molar-refractivity contribution < 1.29 is 19.6 Å². The monoisotopic (exact) mass is 215 g/mol. The summed E-state index contributed by atoms with van der Waals surface area (Å²) >= 11 is 0. The molecule has 1 rings (SSSR count). The molecule has 0 saturated carbocycles. The maximum absolute atomic E-state index is 9.96. The van der Waals surface area contributed by atoms with Crippen LogP contribution >= 0.6 is 0 Å². The molecule has 15 heavy (non-hydrogen) atoms. The van der Waals surface area contributed by atoms with E-state index in [1.165, 1.54) is 13.3 Å². The highest BCUT2D eigenvalue weighted by molar-refractivity contribution is 5.37. The van der Waals surface area contributed by atoms with Crippen molar-refractivity contribution in [2.75, 3.05) is 18.9 Å². The summed E-state index contributed by atoms with van der Waals surface area (Å²) in [7, 11) is 1.33. The summed E-state index contributed by atoms with van der Waals surface area (Å²) in [5, 5.41) is 9.92. The molecular formula is C8H13N3O4. The first-order chi connectivity index (χ1) is 7.20. The highest BCUT2D eigenvalue weighted by Gasteiger charge is 2.11. The van der Waals surface area contributed by atoms with Crippen LogP contribution in [0.5, 0.6) is 0 Å². The lowest BCUT2D eigenvalue weighted by molar-refractivity contribution is -0.128. The molecule has 84 valence electrons. The van der Waals surface area contributed by atoms with Crippen molar-refractivity contribution in [1.82, 2.24) is 9.55 Å². The SMILES string of the molecule is CON(O)c1cnc(C)n1CCOC=O. The fraction of sp³-hybridized carbons (Fsp3) is 0.500. The summed E-state index contributed by atoms with van der Waals surface area (Å²) in [5.74, 6) is 1.07. The van der Waals surface area contributed by atoms with Gasteiger partial charge in [-0.05, 0) is 6.92 Å². The highest BCUT2D eigenvalue weighted by atomic mass is 16.9. The van der Waals surface area contributed by atoms with Gasteiger partial charge in [0, 0.05) is 0 Å². The standard InChI is InChI=1S/C8H13N3O4/c1-7-9-5-8(11(13)14-2)10(7)3-4-15-6-12/h5-6,13H,3-4H2,1-2H3. The number of hydrogen-bond acceptors (Lipinski definition) is 6. The molecule has 0 aliphatic rings. The molecule has 0 bridgehead atoms. The fourth-order valence-electron chi connectivity index (χ4n) is 1.17. The van der Waals surface area contributed by atoms with E-state index in [1.807, 2.05) is 0 Å². The van der Waals surface area contributed by atoms with Crippen LogP contribution in [-0.4, -0.2) is 34.9 Å². The molecule has 7 heteroatoms. The number of anilines is 1. The third kappa shape index (κ3) is 2.67. The zero-order valence-corrected chi connectivity index (χ0v) is 8.58. The van der Waals surface area contributed by atoms with Gasteiger partial charge in [0.1, 0.15) is 12.4 Å². The number of carbonyl (C=O) groups excluding carboxylic acids is 1. The van der Waals surface area contributed by atoms with Crippen LogP contribution < -0.4 is 5.23 Å². The number of aryl methyl sites for hydroxylation is 1. The van der Waals surface area contributed by atoms with Crippen molar-refractivity contribution >= 4 is 12.3 Å². The van der Waals surface area contributed by atoms with E-state index in [4.69, 9.17) is 0 Å². The maximum Gasteiger partial charge on any atom is 0.293 e. The summed E-state index contributed by atoms with van der Waals surface area (Å²) in [6.07, 6.45) is 1.46. The minimum absolute atomic E-state index is 0.214. The lowest BCUT2D eigenvalue weighted by atomic mass is 10.6. The van der Waals surface area contributed by atoms with Crippen molar-refractivity contribution in [3.63, 3.8) is 0 Å². The van der Waals surface area contributed by atoms with Crippen molar-refractivity contribution in [2.45, 2.75) is 13.5 Å². The van der Waals surface area contributed by atoms with Crippen molar-refractivity contribution in [3.8, 4) is 0 Å². The Kier molecular flexibility index (Phi) is 4.07. The zero-order chi connectivity index (χ0) is 11.3. The van der Waals surface area contributed by atoms with Crippen molar-refractivity contribution in [1.29, 1.82) is 0 Å². The van der Waals surface area contributed by atoms with Crippen LogP contribution in [0, 0.1) is 6.92 Å². The smallest absolute Gasteiger partial charge is 0.293 e. The van der Waals surface area contributed by atoms with E-state index >= 15 is 0 Å². The van der Waals surface area contributed by atoms with Gasteiger partial charge in [0.15, 0.2) is 5.82 Å². The Hall–Kier alpha value is -1.60. The van der Waals surface area contributed by atoms with Crippen LogP contribution in [0.15, 0.2) is 6.20 Å². The molecule has 0 atom stereocenters. The Balaban J connectivity index is 2.74. The Labute approximate surface area is 86.7 Å². The van der Waals surface area contributed by atoms with Gasteiger partial charge in [-0.2, -0.15) is 0 Å². The normalized spacial score (nSPS) is 10.1. The summed E-state index contributed by atoms with van der Waals surface area (Å²) in [6.45, 7) is 2.76. The van der Waals surface area contributed by atoms with Gasteiger partial charge in [-0.1, -0.05) is 0 Å². The van der Waals surface area contributed by atoms with Gasteiger partial charge >= 0.3 is 0 Å². The fourth-order valence-corrected chi connectivity index (χ4v) is 1.17. The van der Waals surface area contributed by atoms with Crippen molar-refractivity contribution in [3.05, 3.63) is 12.0 Å². The second kappa shape index (κ2) is 5.32. The molecule has 0 aromatic carbocycles. The molecule has 0 saturated heterocycles. The molecule has 1 aromatic rings. The summed E-state index contributed by atoms with van der Waals surface area (Å²) in [5.41, 5.74) is 0. The number of rotatable bonds is 6. The lowest BCUT2D eigenvalue weighted by Crippen LogP contribution is -2.21. The Bertz CT molecular complexity index is 326. The molecule has 1 heterocycles. The maximum atomic E-state index is 9.96. The van der Waals surface area contributed by atoms with Gasteiger partial charge in [0.05, 0.1) is 19.9 Å². The predicted octanol–water partition coefficient (Wildman–Crippen LogP) is 0.122. The second-order valence-corrected chi connectivity index (χ2v) is 2.74.